The molecule has 0 saturated heterocycles. The Kier molecular flexibility index (Phi) is 6.34. The monoisotopic (exact) mass is 325 g/mol. The van der Waals surface area contributed by atoms with Crippen molar-refractivity contribution in [3.05, 3.63) is 17.5 Å². The quantitative estimate of drug-likeness (QED) is 0.743. The molecule has 0 aliphatic heterocycles. The van der Waals surface area contributed by atoms with E-state index in [1.807, 2.05) is 19.9 Å². The van der Waals surface area contributed by atoms with Crippen LogP contribution in [-0.4, -0.2) is 47.3 Å². The highest BCUT2D eigenvalue weighted by Gasteiger charge is 2.41. The number of alkyl halides is 4. The predicted octanol–water partition coefficient (Wildman–Crippen LogP) is 1.92. The van der Waals surface area contributed by atoms with Gasteiger partial charge in [0, 0.05) is 11.7 Å². The van der Waals surface area contributed by atoms with E-state index < -0.39 is 31.5 Å². The molecule has 22 heavy (non-hydrogen) atoms. The van der Waals surface area contributed by atoms with E-state index in [1.165, 1.54) is 0 Å². The van der Waals surface area contributed by atoms with Crippen LogP contribution < -0.4 is 5.32 Å². The third-order valence-corrected chi connectivity index (χ3v) is 2.80. The fourth-order valence-corrected chi connectivity index (χ4v) is 1.82. The number of amides is 1. The highest BCUT2D eigenvalue weighted by Crippen LogP contribution is 2.22. The normalized spacial score (nSPS) is 13.5. The number of hydrogen-bond donors (Lipinski definition) is 1. The molecule has 1 aromatic heterocycles. The van der Waals surface area contributed by atoms with E-state index in [0.29, 0.717) is 6.54 Å². The van der Waals surface area contributed by atoms with E-state index in [9.17, 15) is 22.4 Å². The van der Waals surface area contributed by atoms with Gasteiger partial charge in [-0.2, -0.15) is 13.9 Å². The molecule has 1 amide bonds. The van der Waals surface area contributed by atoms with Crippen LogP contribution in [0.3, 0.4) is 0 Å². The van der Waals surface area contributed by atoms with Gasteiger partial charge in [-0.1, -0.05) is 0 Å². The Bertz CT molecular complexity index is 505. The summed E-state index contributed by atoms with van der Waals surface area (Å²) in [4.78, 5) is 11.5. The lowest BCUT2D eigenvalue weighted by Gasteiger charge is -2.17. The summed E-state index contributed by atoms with van der Waals surface area (Å²) in [6, 6.07) is 1.56. The Morgan fingerprint density at radius 3 is 2.59 bits per heavy atom. The van der Waals surface area contributed by atoms with Gasteiger partial charge in [-0.25, -0.2) is 8.78 Å². The average Bonchev–Trinajstić information content (AvgIpc) is 2.66. The Morgan fingerprint density at radius 2 is 2.09 bits per heavy atom. The van der Waals surface area contributed by atoms with Gasteiger partial charge in [0.25, 0.3) is 0 Å². The number of ether oxygens (including phenoxy) is 1. The van der Waals surface area contributed by atoms with Crippen molar-refractivity contribution in [1.29, 1.82) is 0 Å². The molecule has 1 unspecified atom stereocenters. The van der Waals surface area contributed by atoms with E-state index >= 15 is 0 Å². The molecule has 5 nitrogen and oxygen atoms in total. The third-order valence-electron chi connectivity index (χ3n) is 2.80. The van der Waals surface area contributed by atoms with Gasteiger partial charge >= 0.3 is 12.3 Å². The highest BCUT2D eigenvalue weighted by molar-refractivity contribution is 5.77. The maximum Gasteiger partial charge on any atom is 0.330 e. The maximum absolute atomic E-state index is 12.6. The van der Waals surface area contributed by atoms with Crippen molar-refractivity contribution < 1.29 is 27.1 Å². The van der Waals surface area contributed by atoms with Crippen LogP contribution in [0.4, 0.5) is 17.6 Å². The van der Waals surface area contributed by atoms with Crippen LogP contribution in [0.1, 0.15) is 18.3 Å². The second kappa shape index (κ2) is 7.57. The summed E-state index contributed by atoms with van der Waals surface area (Å²) in [5.41, 5.74) is 1.76. The Hall–Kier alpha value is -1.64. The third kappa shape index (κ3) is 5.63. The van der Waals surface area contributed by atoms with Gasteiger partial charge in [-0.05, 0) is 26.8 Å². The molecule has 1 atom stereocenters. The largest absolute Gasteiger partial charge is 0.365 e. The molecule has 0 radical (unpaired) electrons. The summed E-state index contributed by atoms with van der Waals surface area (Å²) in [6.45, 7) is 3.61. The molecule has 0 fully saturated rings. The molecule has 126 valence electrons. The van der Waals surface area contributed by atoms with Crippen LogP contribution in [-0.2, 0) is 16.1 Å². The van der Waals surface area contributed by atoms with E-state index in [0.717, 1.165) is 11.4 Å². The lowest BCUT2D eigenvalue weighted by Crippen LogP contribution is -2.40. The standard InChI is InChI=1S/C13H19F4N3O2/c1-8-4-10(3)20(19-8)5-9(2)18-11(21)6-22-7-13(16,17)12(14)15/h4,9,12H,5-7H2,1-3H3,(H,18,21). The fourth-order valence-electron chi connectivity index (χ4n) is 1.82. The number of hydrogen-bond acceptors (Lipinski definition) is 3. The summed E-state index contributed by atoms with van der Waals surface area (Å²) in [5.74, 6) is -4.91. The van der Waals surface area contributed by atoms with Crippen molar-refractivity contribution in [2.75, 3.05) is 13.2 Å². The Morgan fingerprint density at radius 1 is 1.45 bits per heavy atom. The SMILES string of the molecule is Cc1cc(C)n(CC(C)NC(=O)COCC(F)(F)C(F)F)n1. The molecule has 1 aromatic rings. The second-order valence-corrected chi connectivity index (χ2v) is 5.13. The first-order valence-corrected chi connectivity index (χ1v) is 6.66. The van der Waals surface area contributed by atoms with Crippen molar-refractivity contribution in [3.8, 4) is 0 Å². The average molecular weight is 325 g/mol. The van der Waals surface area contributed by atoms with Gasteiger partial charge in [0.2, 0.25) is 5.91 Å². The minimum Gasteiger partial charge on any atom is -0.365 e. The molecule has 0 saturated carbocycles. The minimum atomic E-state index is -4.25. The maximum atomic E-state index is 12.6. The number of halogens is 4. The smallest absolute Gasteiger partial charge is 0.330 e. The van der Waals surface area contributed by atoms with Crippen LogP contribution in [0.25, 0.3) is 0 Å². The Labute approximate surface area is 125 Å². The lowest BCUT2D eigenvalue weighted by atomic mass is 10.3. The van der Waals surface area contributed by atoms with Gasteiger partial charge in [-0.3, -0.25) is 9.48 Å². The van der Waals surface area contributed by atoms with Gasteiger partial charge in [0.1, 0.15) is 13.2 Å². The van der Waals surface area contributed by atoms with Crippen LogP contribution in [0.5, 0.6) is 0 Å². The summed E-state index contributed by atoms with van der Waals surface area (Å²) < 4.78 is 55.0. The molecule has 1 N–H and O–H groups in total. The lowest BCUT2D eigenvalue weighted by molar-refractivity contribution is -0.168. The molecular weight excluding hydrogens is 306 g/mol. The zero-order chi connectivity index (χ0) is 16.9. The molecule has 0 bridgehead atoms. The van der Waals surface area contributed by atoms with Gasteiger partial charge in [-0.15, -0.1) is 0 Å². The molecule has 1 heterocycles. The summed E-state index contributed by atoms with van der Waals surface area (Å²) >= 11 is 0. The number of carbonyl (C=O) groups excluding carboxylic acids is 1. The zero-order valence-electron chi connectivity index (χ0n) is 12.6. The Balaban J connectivity index is 2.34. The van der Waals surface area contributed by atoms with E-state index in [-0.39, 0.29) is 6.04 Å². The van der Waals surface area contributed by atoms with E-state index in [4.69, 9.17) is 0 Å². The molecule has 0 spiro atoms. The van der Waals surface area contributed by atoms with Gasteiger partial charge < -0.3 is 10.1 Å². The molecular formula is C13H19F4N3O2. The highest BCUT2D eigenvalue weighted by atomic mass is 19.3. The first-order valence-electron chi connectivity index (χ1n) is 6.66. The summed E-state index contributed by atoms with van der Waals surface area (Å²) in [5, 5.41) is 6.75. The number of nitrogens with zero attached hydrogens (tertiary/aromatic N) is 2. The number of carbonyl (C=O) groups is 1. The van der Waals surface area contributed by atoms with Crippen LogP contribution in [0.15, 0.2) is 6.07 Å². The van der Waals surface area contributed by atoms with Crippen molar-refractivity contribution in [3.63, 3.8) is 0 Å². The number of aryl methyl sites for hydroxylation is 2. The number of rotatable bonds is 8. The first kappa shape index (κ1) is 18.4. The predicted molar refractivity (Wildman–Crippen MR) is 71.1 cm³/mol. The van der Waals surface area contributed by atoms with Crippen LogP contribution in [0.2, 0.25) is 0 Å². The number of aromatic nitrogens is 2. The van der Waals surface area contributed by atoms with Gasteiger partial charge in [0.05, 0.1) is 12.2 Å². The van der Waals surface area contributed by atoms with Crippen molar-refractivity contribution in [1.82, 2.24) is 15.1 Å². The first-order chi connectivity index (χ1) is 10.1. The van der Waals surface area contributed by atoms with Crippen molar-refractivity contribution in [2.24, 2.45) is 0 Å². The summed E-state index contributed by atoms with van der Waals surface area (Å²) in [6.07, 6.45) is -3.82. The van der Waals surface area contributed by atoms with E-state index in [2.05, 4.69) is 15.2 Å². The molecule has 0 aromatic carbocycles. The van der Waals surface area contributed by atoms with E-state index in [1.54, 1.807) is 11.6 Å². The van der Waals surface area contributed by atoms with Crippen LogP contribution in [0, 0.1) is 13.8 Å². The fraction of sp³-hybridized carbons (Fsp3) is 0.692. The second-order valence-electron chi connectivity index (χ2n) is 5.13. The minimum absolute atomic E-state index is 0.315. The zero-order valence-corrected chi connectivity index (χ0v) is 12.6. The topological polar surface area (TPSA) is 56.2 Å². The van der Waals surface area contributed by atoms with Gasteiger partial charge in [0.15, 0.2) is 0 Å². The molecule has 1 rings (SSSR count). The van der Waals surface area contributed by atoms with Crippen LogP contribution >= 0.6 is 0 Å². The molecule has 0 aliphatic carbocycles. The van der Waals surface area contributed by atoms with Crippen molar-refractivity contribution >= 4 is 5.91 Å². The van der Waals surface area contributed by atoms with Crippen molar-refractivity contribution in [2.45, 2.75) is 45.7 Å². The molecule has 0 aliphatic rings. The number of nitrogens with one attached hydrogen (secondary N) is 1. The summed E-state index contributed by atoms with van der Waals surface area (Å²) in [7, 11) is 0. The molecule has 9 heteroatoms.